The minimum atomic E-state index is -0.364. The van der Waals surface area contributed by atoms with Crippen LogP contribution in [-0.4, -0.2) is 9.97 Å². The molecule has 1 aromatic carbocycles. The zero-order valence-electron chi connectivity index (χ0n) is 10.1. The summed E-state index contributed by atoms with van der Waals surface area (Å²) in [4.78, 5) is 10.1. The standard InChI is InChI=1S/C13H10FN3OS/c1-7-5-10-11(16-13(15)17-12(10)19-7)18-9-4-2-3-8(14)6-9/h2-6H,1H3,(H2,15,16,17). The first-order chi connectivity index (χ1) is 9.11. The highest BCUT2D eigenvalue weighted by Gasteiger charge is 2.11. The molecule has 0 aliphatic carbocycles. The maximum absolute atomic E-state index is 13.1. The molecular weight excluding hydrogens is 265 g/mol. The Balaban J connectivity index is 2.09. The van der Waals surface area contributed by atoms with E-state index in [1.54, 1.807) is 12.1 Å². The molecule has 3 rings (SSSR count). The molecule has 4 nitrogen and oxygen atoms in total. The van der Waals surface area contributed by atoms with Crippen LogP contribution in [0.1, 0.15) is 4.88 Å². The Morgan fingerprint density at radius 3 is 2.89 bits per heavy atom. The van der Waals surface area contributed by atoms with Gasteiger partial charge in [-0.15, -0.1) is 11.3 Å². The molecule has 3 aromatic rings. The third-order valence-corrected chi connectivity index (χ3v) is 3.45. The Bertz CT molecular complexity index is 757. The monoisotopic (exact) mass is 275 g/mol. The summed E-state index contributed by atoms with van der Waals surface area (Å²) >= 11 is 1.51. The second-order valence-corrected chi connectivity index (χ2v) is 5.26. The Morgan fingerprint density at radius 1 is 1.26 bits per heavy atom. The number of hydrogen-bond acceptors (Lipinski definition) is 5. The molecule has 2 heterocycles. The number of aromatic nitrogens is 2. The molecule has 2 N–H and O–H groups in total. The van der Waals surface area contributed by atoms with Gasteiger partial charge in [0.05, 0.1) is 5.39 Å². The molecule has 0 aliphatic heterocycles. The maximum atomic E-state index is 13.1. The number of anilines is 1. The molecule has 0 spiro atoms. The van der Waals surface area contributed by atoms with Gasteiger partial charge in [-0.25, -0.2) is 9.37 Å². The number of fused-ring (bicyclic) bond motifs is 1. The van der Waals surface area contributed by atoms with Crippen LogP contribution in [0.2, 0.25) is 0 Å². The minimum absolute atomic E-state index is 0.140. The van der Waals surface area contributed by atoms with Crippen LogP contribution < -0.4 is 10.5 Å². The molecule has 0 bridgehead atoms. The van der Waals surface area contributed by atoms with Gasteiger partial charge in [0.25, 0.3) is 0 Å². The zero-order chi connectivity index (χ0) is 13.4. The Hall–Kier alpha value is -2.21. The van der Waals surface area contributed by atoms with Crippen LogP contribution in [0.5, 0.6) is 11.6 Å². The number of nitrogen functional groups attached to an aromatic ring is 1. The van der Waals surface area contributed by atoms with Crippen LogP contribution >= 0.6 is 11.3 Å². The molecule has 0 fully saturated rings. The van der Waals surface area contributed by atoms with Crippen molar-refractivity contribution in [1.82, 2.24) is 9.97 Å². The van der Waals surface area contributed by atoms with E-state index in [4.69, 9.17) is 10.5 Å². The molecule has 0 saturated heterocycles. The fraction of sp³-hybridized carbons (Fsp3) is 0.0769. The fourth-order valence-corrected chi connectivity index (χ4v) is 2.63. The van der Waals surface area contributed by atoms with E-state index >= 15 is 0 Å². The van der Waals surface area contributed by atoms with E-state index in [0.29, 0.717) is 11.6 Å². The molecule has 6 heteroatoms. The largest absolute Gasteiger partial charge is 0.438 e. The Morgan fingerprint density at radius 2 is 2.11 bits per heavy atom. The van der Waals surface area contributed by atoms with E-state index in [1.807, 2.05) is 13.0 Å². The van der Waals surface area contributed by atoms with Gasteiger partial charge in [-0.1, -0.05) is 6.07 Å². The number of hydrogen-bond donors (Lipinski definition) is 1. The van der Waals surface area contributed by atoms with E-state index < -0.39 is 0 Å². The first-order valence-electron chi connectivity index (χ1n) is 5.59. The quantitative estimate of drug-likeness (QED) is 0.777. The molecule has 0 radical (unpaired) electrons. The molecule has 0 aliphatic rings. The Labute approximate surface area is 112 Å². The summed E-state index contributed by atoms with van der Waals surface area (Å²) in [6.45, 7) is 1.97. The lowest BCUT2D eigenvalue weighted by Crippen LogP contribution is -1.97. The second kappa shape index (κ2) is 4.47. The molecule has 2 aromatic heterocycles. The number of ether oxygens (including phenoxy) is 1. The fourth-order valence-electron chi connectivity index (χ4n) is 1.75. The number of rotatable bonds is 2. The van der Waals surface area contributed by atoms with Crippen molar-refractivity contribution in [3.63, 3.8) is 0 Å². The second-order valence-electron chi connectivity index (χ2n) is 4.02. The average molecular weight is 275 g/mol. The number of benzene rings is 1. The highest BCUT2D eigenvalue weighted by atomic mass is 32.1. The van der Waals surface area contributed by atoms with Gasteiger partial charge in [0.1, 0.15) is 16.4 Å². The normalized spacial score (nSPS) is 10.8. The third-order valence-electron chi connectivity index (χ3n) is 2.51. The first kappa shape index (κ1) is 11.9. The summed E-state index contributed by atoms with van der Waals surface area (Å²) in [5.41, 5.74) is 5.65. The Kier molecular flexibility index (Phi) is 2.79. The minimum Gasteiger partial charge on any atom is -0.438 e. The van der Waals surface area contributed by atoms with Crippen LogP contribution in [-0.2, 0) is 0 Å². The molecule has 0 atom stereocenters. The van der Waals surface area contributed by atoms with Crippen LogP contribution in [0.25, 0.3) is 10.2 Å². The highest BCUT2D eigenvalue weighted by molar-refractivity contribution is 7.18. The third kappa shape index (κ3) is 2.34. The van der Waals surface area contributed by atoms with Gasteiger partial charge < -0.3 is 10.5 Å². The maximum Gasteiger partial charge on any atom is 0.232 e. The van der Waals surface area contributed by atoms with Gasteiger partial charge in [0.15, 0.2) is 0 Å². The summed E-state index contributed by atoms with van der Waals surface area (Å²) < 4.78 is 18.7. The molecular formula is C13H10FN3OS. The summed E-state index contributed by atoms with van der Waals surface area (Å²) in [6.07, 6.45) is 0. The summed E-state index contributed by atoms with van der Waals surface area (Å²) in [6, 6.07) is 7.81. The van der Waals surface area contributed by atoms with Gasteiger partial charge >= 0.3 is 0 Å². The van der Waals surface area contributed by atoms with E-state index in [0.717, 1.165) is 15.1 Å². The van der Waals surface area contributed by atoms with Crippen molar-refractivity contribution in [2.45, 2.75) is 6.92 Å². The van der Waals surface area contributed by atoms with Crippen LogP contribution in [0.4, 0.5) is 10.3 Å². The zero-order valence-corrected chi connectivity index (χ0v) is 10.9. The highest BCUT2D eigenvalue weighted by Crippen LogP contribution is 2.33. The number of thiophene rings is 1. The van der Waals surface area contributed by atoms with Crippen molar-refractivity contribution in [2.75, 3.05) is 5.73 Å². The predicted molar refractivity (Wildman–Crippen MR) is 73.0 cm³/mol. The van der Waals surface area contributed by atoms with Gasteiger partial charge in [0, 0.05) is 10.9 Å². The van der Waals surface area contributed by atoms with Crippen molar-refractivity contribution >= 4 is 27.5 Å². The van der Waals surface area contributed by atoms with E-state index in [9.17, 15) is 4.39 Å². The van der Waals surface area contributed by atoms with E-state index in [-0.39, 0.29) is 11.8 Å². The summed E-state index contributed by atoms with van der Waals surface area (Å²) in [5, 5.41) is 0.779. The number of halogens is 1. The van der Waals surface area contributed by atoms with Crippen LogP contribution in [0.15, 0.2) is 30.3 Å². The number of nitrogens with zero attached hydrogens (tertiary/aromatic N) is 2. The summed E-state index contributed by atoms with van der Waals surface area (Å²) in [5.74, 6) is 0.499. The van der Waals surface area contributed by atoms with Crippen LogP contribution in [0, 0.1) is 12.7 Å². The lowest BCUT2D eigenvalue weighted by Gasteiger charge is -2.06. The number of aryl methyl sites for hydroxylation is 1. The van der Waals surface area contributed by atoms with Gasteiger partial charge in [-0.2, -0.15) is 4.98 Å². The van der Waals surface area contributed by atoms with Crippen molar-refractivity contribution < 1.29 is 9.13 Å². The summed E-state index contributed by atoms with van der Waals surface area (Å²) in [7, 11) is 0. The first-order valence-corrected chi connectivity index (χ1v) is 6.40. The molecule has 19 heavy (non-hydrogen) atoms. The van der Waals surface area contributed by atoms with Gasteiger partial charge in [0.2, 0.25) is 11.8 Å². The van der Waals surface area contributed by atoms with Crippen molar-refractivity contribution in [3.05, 3.63) is 41.0 Å². The van der Waals surface area contributed by atoms with E-state index in [2.05, 4.69) is 9.97 Å². The van der Waals surface area contributed by atoms with Crippen LogP contribution in [0.3, 0.4) is 0 Å². The smallest absolute Gasteiger partial charge is 0.232 e. The topological polar surface area (TPSA) is 61.0 Å². The van der Waals surface area contributed by atoms with Crippen molar-refractivity contribution in [2.24, 2.45) is 0 Å². The van der Waals surface area contributed by atoms with E-state index in [1.165, 1.54) is 23.5 Å². The molecule has 0 saturated carbocycles. The predicted octanol–water partition coefficient (Wildman–Crippen LogP) is 3.51. The van der Waals surface area contributed by atoms with Crippen molar-refractivity contribution in [1.29, 1.82) is 0 Å². The SMILES string of the molecule is Cc1cc2c(Oc3cccc(F)c3)nc(N)nc2s1. The average Bonchev–Trinajstić information content (AvgIpc) is 2.69. The molecule has 96 valence electrons. The van der Waals surface area contributed by atoms with Gasteiger partial charge in [-0.3, -0.25) is 0 Å². The lowest BCUT2D eigenvalue weighted by molar-refractivity contribution is 0.464. The lowest BCUT2D eigenvalue weighted by atomic mass is 10.3. The molecule has 0 unspecified atom stereocenters. The molecule has 0 amide bonds. The number of nitrogens with two attached hydrogens (primary N) is 1. The van der Waals surface area contributed by atoms with Gasteiger partial charge in [-0.05, 0) is 25.1 Å². The van der Waals surface area contributed by atoms with Crippen molar-refractivity contribution in [3.8, 4) is 11.6 Å².